The van der Waals surface area contributed by atoms with Crippen LogP contribution < -0.4 is 9.64 Å². The van der Waals surface area contributed by atoms with Gasteiger partial charge in [-0.1, -0.05) is 24.8 Å². The Kier molecular flexibility index (Phi) is 8.65. The number of likely N-dealkylation sites (N-methyl/N-ethyl adjacent to an activating group) is 1. The largest absolute Gasteiger partial charge is 0.462 e. The minimum Gasteiger partial charge on any atom is -0.462 e. The van der Waals surface area contributed by atoms with Crippen molar-refractivity contribution < 1.29 is 31.8 Å². The fourth-order valence-corrected chi connectivity index (χ4v) is 5.90. The zero-order valence-corrected chi connectivity index (χ0v) is 23.2. The number of ether oxygens (including phenoxy) is 2. The highest BCUT2D eigenvalue weighted by molar-refractivity contribution is 5.91. The molecule has 1 amide bonds. The zero-order chi connectivity index (χ0) is 30.0. The van der Waals surface area contributed by atoms with Gasteiger partial charge in [-0.25, -0.2) is 4.39 Å². The quantitative estimate of drug-likeness (QED) is 0.351. The van der Waals surface area contributed by atoms with E-state index in [-0.39, 0.29) is 56.7 Å². The second-order valence-corrected chi connectivity index (χ2v) is 10.8. The number of anilines is 1. The molecule has 2 fully saturated rings. The predicted molar refractivity (Wildman–Crippen MR) is 144 cm³/mol. The van der Waals surface area contributed by atoms with Gasteiger partial charge in [0, 0.05) is 37.7 Å². The number of likely N-dealkylation sites (tertiary alicyclic amines) is 1. The summed E-state index contributed by atoms with van der Waals surface area (Å²) >= 11 is 0. The van der Waals surface area contributed by atoms with Crippen molar-refractivity contribution in [3.8, 4) is 12.1 Å². The molecular formula is C29H32F4N6O3. The van der Waals surface area contributed by atoms with Gasteiger partial charge in [0.1, 0.15) is 12.4 Å². The summed E-state index contributed by atoms with van der Waals surface area (Å²) in [5, 5.41) is 9.39. The van der Waals surface area contributed by atoms with E-state index < -0.39 is 35.6 Å². The molecule has 3 atom stereocenters. The first-order valence-corrected chi connectivity index (χ1v) is 13.8. The van der Waals surface area contributed by atoms with E-state index in [1.54, 1.807) is 6.07 Å². The van der Waals surface area contributed by atoms with Crippen LogP contribution in [-0.4, -0.2) is 77.6 Å². The van der Waals surface area contributed by atoms with E-state index in [9.17, 15) is 27.6 Å². The van der Waals surface area contributed by atoms with Crippen LogP contribution in [0.15, 0.2) is 36.7 Å². The zero-order valence-electron chi connectivity index (χ0n) is 23.2. The Morgan fingerprint density at radius 1 is 1.21 bits per heavy atom. The lowest BCUT2D eigenvalue weighted by molar-refractivity contribution is -0.139. The first-order valence-electron chi connectivity index (χ1n) is 13.8. The fourth-order valence-electron chi connectivity index (χ4n) is 5.90. The van der Waals surface area contributed by atoms with Gasteiger partial charge in [0.15, 0.2) is 5.83 Å². The van der Waals surface area contributed by atoms with E-state index >= 15 is 0 Å². The topological polar surface area (TPSA) is 94.8 Å². The summed E-state index contributed by atoms with van der Waals surface area (Å²) in [5.41, 5.74) is 0.378. The van der Waals surface area contributed by atoms with Crippen molar-refractivity contribution >= 4 is 11.7 Å². The second-order valence-electron chi connectivity index (χ2n) is 10.8. The number of carbonyl (C=O) groups is 1. The van der Waals surface area contributed by atoms with E-state index in [0.29, 0.717) is 23.7 Å². The van der Waals surface area contributed by atoms with Crippen molar-refractivity contribution in [1.82, 2.24) is 19.8 Å². The van der Waals surface area contributed by atoms with Gasteiger partial charge in [0.05, 0.1) is 42.5 Å². The lowest BCUT2D eigenvalue weighted by Crippen LogP contribution is -2.55. The fraction of sp³-hybridized carbons (Fsp3) is 0.517. The maximum Gasteiger partial charge on any atom is 0.416 e. The minimum atomic E-state index is -4.55. The molecule has 13 heteroatoms. The average molecular weight is 589 g/mol. The van der Waals surface area contributed by atoms with Gasteiger partial charge in [-0.15, -0.1) is 0 Å². The third-order valence-electron chi connectivity index (χ3n) is 8.15. The molecule has 1 aromatic heterocycles. The smallest absolute Gasteiger partial charge is 0.416 e. The average Bonchev–Trinajstić information content (AvgIpc) is 3.39. The molecule has 0 bridgehead atoms. The molecule has 3 aliphatic heterocycles. The SMILES string of the molecule is C=C(F)C(=O)N1CCN(c2nc(OC[C@@H]3CCCN3C)nc3c2CO[C@H](c2ccccc2C(F)(F)F)C3)C[C@@H]1CC#N. The number of nitrogens with zero attached hydrogens (tertiary/aromatic N) is 6. The summed E-state index contributed by atoms with van der Waals surface area (Å²) < 4.78 is 67.1. The molecule has 9 nitrogen and oxygen atoms in total. The van der Waals surface area contributed by atoms with Crippen LogP contribution in [-0.2, 0) is 28.7 Å². The van der Waals surface area contributed by atoms with Crippen LogP contribution in [0.1, 0.15) is 47.8 Å². The molecule has 2 saturated heterocycles. The molecule has 0 N–H and O–H groups in total. The number of aromatic nitrogens is 2. The van der Waals surface area contributed by atoms with Crippen molar-refractivity contribution in [3.05, 3.63) is 59.1 Å². The lowest BCUT2D eigenvalue weighted by atomic mass is 9.95. The van der Waals surface area contributed by atoms with Crippen LogP contribution in [0.2, 0.25) is 0 Å². The van der Waals surface area contributed by atoms with Gasteiger partial charge in [0.25, 0.3) is 5.91 Å². The molecule has 3 aliphatic rings. The Morgan fingerprint density at radius 3 is 2.69 bits per heavy atom. The number of fused-ring (bicyclic) bond motifs is 1. The molecule has 224 valence electrons. The molecule has 2 aromatic rings. The van der Waals surface area contributed by atoms with Crippen LogP contribution in [0.4, 0.5) is 23.4 Å². The number of carbonyl (C=O) groups excluding carboxylic acids is 1. The van der Waals surface area contributed by atoms with Crippen LogP contribution in [0.5, 0.6) is 6.01 Å². The molecule has 0 aliphatic carbocycles. The predicted octanol–water partition coefficient (Wildman–Crippen LogP) is 4.20. The number of hydrogen-bond donors (Lipinski definition) is 0. The summed E-state index contributed by atoms with van der Waals surface area (Å²) in [6.45, 7) is 4.94. The van der Waals surface area contributed by atoms with Gasteiger partial charge in [-0.3, -0.25) is 4.79 Å². The first kappa shape index (κ1) is 29.7. The Labute approximate surface area is 241 Å². The van der Waals surface area contributed by atoms with Crippen molar-refractivity contribution in [2.24, 2.45) is 0 Å². The van der Waals surface area contributed by atoms with E-state index in [0.717, 1.165) is 25.5 Å². The molecule has 4 heterocycles. The van der Waals surface area contributed by atoms with Crippen LogP contribution in [0.3, 0.4) is 0 Å². The summed E-state index contributed by atoms with van der Waals surface area (Å²) in [6.07, 6.45) is -3.39. The lowest BCUT2D eigenvalue weighted by Gasteiger charge is -2.42. The van der Waals surface area contributed by atoms with Gasteiger partial charge >= 0.3 is 12.2 Å². The summed E-state index contributed by atoms with van der Waals surface area (Å²) in [6, 6.07) is 7.05. The molecule has 0 radical (unpaired) electrons. The van der Waals surface area contributed by atoms with Gasteiger partial charge < -0.3 is 24.2 Å². The van der Waals surface area contributed by atoms with Crippen molar-refractivity contribution in [1.29, 1.82) is 5.26 Å². The van der Waals surface area contributed by atoms with Crippen molar-refractivity contribution in [2.45, 2.75) is 56.7 Å². The molecule has 1 aromatic carbocycles. The van der Waals surface area contributed by atoms with Crippen molar-refractivity contribution in [3.63, 3.8) is 0 Å². The van der Waals surface area contributed by atoms with Crippen LogP contribution in [0, 0.1) is 11.3 Å². The number of nitriles is 1. The highest BCUT2D eigenvalue weighted by Gasteiger charge is 2.39. The van der Waals surface area contributed by atoms with Gasteiger partial charge in [0.2, 0.25) is 0 Å². The maximum atomic E-state index is 13.8. The molecule has 0 spiro atoms. The van der Waals surface area contributed by atoms with E-state index in [2.05, 4.69) is 27.5 Å². The molecule has 5 rings (SSSR count). The second kappa shape index (κ2) is 12.2. The molecular weight excluding hydrogens is 556 g/mol. The van der Waals surface area contributed by atoms with E-state index in [4.69, 9.17) is 9.47 Å². The van der Waals surface area contributed by atoms with Crippen LogP contribution >= 0.6 is 0 Å². The number of rotatable bonds is 7. The number of amides is 1. The van der Waals surface area contributed by atoms with E-state index in [1.165, 1.54) is 17.0 Å². The van der Waals surface area contributed by atoms with Gasteiger partial charge in [-0.05, 0) is 38.1 Å². The normalized spacial score (nSPS) is 22.9. The number of alkyl halides is 3. The maximum absolute atomic E-state index is 13.8. The van der Waals surface area contributed by atoms with Crippen molar-refractivity contribution in [2.75, 3.05) is 44.7 Å². The highest BCUT2D eigenvalue weighted by atomic mass is 19.4. The Bertz CT molecular complexity index is 1380. The number of halogens is 4. The molecule has 0 saturated carbocycles. The number of hydrogen-bond acceptors (Lipinski definition) is 8. The van der Waals surface area contributed by atoms with Gasteiger partial charge in [-0.2, -0.15) is 28.4 Å². The van der Waals surface area contributed by atoms with Crippen LogP contribution in [0.25, 0.3) is 0 Å². The number of piperazine rings is 1. The standard InChI is InChI=1S/C29H32F4N6O3/c1-18(30)27(40)39-13-12-38(15-19(39)9-10-34)26-22-17-41-25(21-7-3-4-8-23(21)29(31,32)33)14-24(22)35-28(36-26)42-16-20-6-5-11-37(20)2/h3-4,7-8,19-20,25H,1,5-6,9,11-17H2,2H3/t19-,20-,25-/m0/s1. The third-order valence-corrected chi connectivity index (χ3v) is 8.15. The first-order chi connectivity index (χ1) is 20.1. The Hall–Kier alpha value is -3.76. The Balaban J connectivity index is 1.47. The minimum absolute atomic E-state index is 0.0264. The summed E-state index contributed by atoms with van der Waals surface area (Å²) in [5.74, 6) is -1.50. The Morgan fingerprint density at radius 2 is 2.00 bits per heavy atom. The summed E-state index contributed by atoms with van der Waals surface area (Å²) in [4.78, 5) is 27.1. The third kappa shape index (κ3) is 6.19. The molecule has 0 unspecified atom stereocenters. The molecule has 42 heavy (non-hydrogen) atoms. The monoisotopic (exact) mass is 588 g/mol. The van der Waals surface area contributed by atoms with E-state index in [1.807, 2.05) is 11.9 Å². The number of benzene rings is 1. The summed E-state index contributed by atoms with van der Waals surface area (Å²) in [7, 11) is 2.02. The highest BCUT2D eigenvalue weighted by Crippen LogP contribution is 2.41.